The van der Waals surface area contributed by atoms with Crippen LogP contribution in [0.1, 0.15) is 35.2 Å². The summed E-state index contributed by atoms with van der Waals surface area (Å²) < 4.78 is 17.4. The van der Waals surface area contributed by atoms with Crippen LogP contribution in [0.3, 0.4) is 0 Å². The highest BCUT2D eigenvalue weighted by Gasteiger charge is 2.40. The van der Waals surface area contributed by atoms with E-state index in [0.717, 1.165) is 5.56 Å². The molecule has 1 aromatic heterocycles. The Balaban J connectivity index is 1.33. The molecule has 2 amide bonds. The molecule has 0 radical (unpaired) electrons. The molecular weight excluding hydrogens is 398 g/mol. The third-order valence-electron chi connectivity index (χ3n) is 6.10. The van der Waals surface area contributed by atoms with E-state index in [2.05, 4.69) is 4.98 Å². The van der Waals surface area contributed by atoms with Crippen LogP contribution in [0.4, 0.5) is 5.69 Å². The van der Waals surface area contributed by atoms with Crippen LogP contribution in [0.25, 0.3) is 0 Å². The molecule has 0 aliphatic carbocycles. The van der Waals surface area contributed by atoms with Crippen molar-refractivity contribution in [2.45, 2.75) is 32.0 Å². The Kier molecular flexibility index (Phi) is 5.11. The summed E-state index contributed by atoms with van der Waals surface area (Å²) in [6.07, 6.45) is 3.18. The standard InChI is InChI=1S/C23H25N3O5/c1-16-4-5-19-18(15-16)26(22(28)17-3-2-9-24-21(17)31-19)10-6-20(27)25-11-7-23(8-12-25)29-13-14-30-23/h2-5,9,15H,6-8,10-14H2,1H3. The van der Waals surface area contributed by atoms with Gasteiger partial charge in [0.25, 0.3) is 5.91 Å². The molecule has 3 aliphatic rings. The first-order chi connectivity index (χ1) is 15.0. The molecule has 2 saturated heterocycles. The number of aromatic nitrogens is 1. The maximum atomic E-state index is 13.3. The molecule has 2 fully saturated rings. The lowest BCUT2D eigenvalue weighted by atomic mass is 10.0. The molecular formula is C23H25N3O5. The highest BCUT2D eigenvalue weighted by molar-refractivity contribution is 6.09. The molecule has 8 nitrogen and oxygen atoms in total. The summed E-state index contributed by atoms with van der Waals surface area (Å²) in [5.41, 5.74) is 2.05. The van der Waals surface area contributed by atoms with E-state index in [1.807, 2.05) is 30.0 Å². The number of carbonyl (C=O) groups is 2. The average Bonchev–Trinajstić information content (AvgIpc) is 3.19. The number of ether oxygens (including phenoxy) is 3. The fourth-order valence-electron chi connectivity index (χ4n) is 4.39. The minimum Gasteiger partial charge on any atom is -0.436 e. The predicted molar refractivity (Wildman–Crippen MR) is 112 cm³/mol. The van der Waals surface area contributed by atoms with E-state index in [-0.39, 0.29) is 30.7 Å². The molecule has 1 spiro atoms. The predicted octanol–water partition coefficient (Wildman–Crippen LogP) is 2.90. The number of piperidine rings is 1. The third-order valence-corrected chi connectivity index (χ3v) is 6.10. The van der Waals surface area contributed by atoms with Crippen molar-refractivity contribution in [1.29, 1.82) is 0 Å². The molecule has 0 unspecified atom stereocenters. The quantitative estimate of drug-likeness (QED) is 0.755. The van der Waals surface area contributed by atoms with Gasteiger partial charge in [-0.05, 0) is 36.8 Å². The maximum Gasteiger partial charge on any atom is 0.263 e. The van der Waals surface area contributed by atoms with Gasteiger partial charge in [0.05, 0.1) is 18.9 Å². The highest BCUT2D eigenvalue weighted by atomic mass is 16.7. The van der Waals surface area contributed by atoms with Gasteiger partial charge in [0, 0.05) is 45.1 Å². The molecule has 4 heterocycles. The minimum atomic E-state index is -0.512. The fraction of sp³-hybridized carbons (Fsp3) is 0.435. The summed E-state index contributed by atoms with van der Waals surface area (Å²) in [5.74, 6) is 0.128. The summed E-state index contributed by atoms with van der Waals surface area (Å²) in [6, 6.07) is 9.08. The Hall–Kier alpha value is -2.97. The van der Waals surface area contributed by atoms with Crippen molar-refractivity contribution in [3.8, 4) is 11.6 Å². The molecule has 0 N–H and O–H groups in total. The van der Waals surface area contributed by atoms with Gasteiger partial charge >= 0.3 is 0 Å². The summed E-state index contributed by atoms with van der Waals surface area (Å²) >= 11 is 0. The second-order valence-electron chi connectivity index (χ2n) is 8.12. The highest BCUT2D eigenvalue weighted by Crippen LogP contribution is 2.38. The zero-order valence-electron chi connectivity index (χ0n) is 17.5. The topological polar surface area (TPSA) is 81.2 Å². The van der Waals surface area contributed by atoms with Gasteiger partial charge in [0.2, 0.25) is 11.8 Å². The number of likely N-dealkylation sites (tertiary alicyclic amines) is 1. The number of hydrogen-bond donors (Lipinski definition) is 0. The van der Waals surface area contributed by atoms with E-state index in [1.165, 1.54) is 0 Å². The van der Waals surface area contributed by atoms with Crippen LogP contribution in [0.15, 0.2) is 36.5 Å². The SMILES string of the molecule is Cc1ccc2c(c1)N(CCC(=O)N1CCC3(CC1)OCCO3)C(=O)c1cccnc1O2. The van der Waals surface area contributed by atoms with Crippen LogP contribution in [-0.4, -0.2) is 60.3 Å². The largest absolute Gasteiger partial charge is 0.436 e. The molecule has 8 heteroatoms. The Bertz CT molecular complexity index is 1010. The van der Waals surface area contributed by atoms with Crippen LogP contribution >= 0.6 is 0 Å². The second kappa shape index (κ2) is 7.94. The van der Waals surface area contributed by atoms with Crippen molar-refractivity contribution >= 4 is 17.5 Å². The van der Waals surface area contributed by atoms with Gasteiger partial charge in [-0.2, -0.15) is 0 Å². The molecule has 31 heavy (non-hydrogen) atoms. The molecule has 162 valence electrons. The first-order valence-corrected chi connectivity index (χ1v) is 10.7. The zero-order chi connectivity index (χ0) is 21.4. The number of hydrogen-bond acceptors (Lipinski definition) is 6. The Morgan fingerprint density at radius 2 is 1.94 bits per heavy atom. The van der Waals surface area contributed by atoms with E-state index in [1.54, 1.807) is 23.2 Å². The lowest BCUT2D eigenvalue weighted by Gasteiger charge is -2.37. The van der Waals surface area contributed by atoms with Crippen molar-refractivity contribution in [3.05, 3.63) is 47.7 Å². The van der Waals surface area contributed by atoms with E-state index in [9.17, 15) is 9.59 Å². The van der Waals surface area contributed by atoms with E-state index in [0.29, 0.717) is 56.1 Å². The lowest BCUT2D eigenvalue weighted by Crippen LogP contribution is -2.48. The molecule has 5 rings (SSSR count). The van der Waals surface area contributed by atoms with Crippen LogP contribution in [0.5, 0.6) is 11.6 Å². The van der Waals surface area contributed by atoms with Gasteiger partial charge in [0.15, 0.2) is 11.5 Å². The number of rotatable bonds is 3. The van der Waals surface area contributed by atoms with Gasteiger partial charge < -0.3 is 24.0 Å². The number of anilines is 1. The molecule has 3 aliphatic heterocycles. The second-order valence-corrected chi connectivity index (χ2v) is 8.12. The molecule has 2 aromatic rings. The Morgan fingerprint density at radius 1 is 1.16 bits per heavy atom. The average molecular weight is 423 g/mol. The first kappa shape index (κ1) is 20.0. The number of benzene rings is 1. The summed E-state index contributed by atoms with van der Waals surface area (Å²) in [7, 11) is 0. The smallest absolute Gasteiger partial charge is 0.263 e. The monoisotopic (exact) mass is 423 g/mol. The van der Waals surface area contributed by atoms with E-state index in [4.69, 9.17) is 14.2 Å². The van der Waals surface area contributed by atoms with Crippen LogP contribution in [0.2, 0.25) is 0 Å². The number of carbonyl (C=O) groups excluding carboxylic acids is 2. The molecule has 0 bridgehead atoms. The van der Waals surface area contributed by atoms with Crippen LogP contribution in [-0.2, 0) is 14.3 Å². The molecule has 0 saturated carbocycles. The van der Waals surface area contributed by atoms with Gasteiger partial charge in [-0.15, -0.1) is 0 Å². The fourth-order valence-corrected chi connectivity index (χ4v) is 4.39. The summed E-state index contributed by atoms with van der Waals surface area (Å²) in [5, 5.41) is 0. The molecule has 0 atom stereocenters. The van der Waals surface area contributed by atoms with Gasteiger partial charge in [-0.3, -0.25) is 9.59 Å². The zero-order valence-corrected chi connectivity index (χ0v) is 17.5. The van der Waals surface area contributed by atoms with Crippen LogP contribution < -0.4 is 9.64 Å². The Labute approximate surface area is 180 Å². The molecule has 1 aromatic carbocycles. The number of amides is 2. The number of pyridine rings is 1. The summed E-state index contributed by atoms with van der Waals surface area (Å²) in [4.78, 5) is 33.9. The lowest BCUT2D eigenvalue weighted by molar-refractivity contribution is -0.187. The number of fused-ring (bicyclic) bond motifs is 2. The van der Waals surface area contributed by atoms with E-state index < -0.39 is 5.79 Å². The van der Waals surface area contributed by atoms with Crippen molar-refractivity contribution in [3.63, 3.8) is 0 Å². The van der Waals surface area contributed by atoms with Crippen molar-refractivity contribution < 1.29 is 23.8 Å². The third kappa shape index (κ3) is 3.77. The van der Waals surface area contributed by atoms with Gasteiger partial charge in [0.1, 0.15) is 5.56 Å². The summed E-state index contributed by atoms with van der Waals surface area (Å²) in [6.45, 7) is 4.64. The van der Waals surface area contributed by atoms with Crippen molar-refractivity contribution in [2.75, 3.05) is 37.7 Å². The number of nitrogens with zero attached hydrogens (tertiary/aromatic N) is 3. The maximum absolute atomic E-state index is 13.3. The first-order valence-electron chi connectivity index (χ1n) is 10.7. The Morgan fingerprint density at radius 3 is 2.71 bits per heavy atom. The van der Waals surface area contributed by atoms with Gasteiger partial charge in [-0.25, -0.2) is 4.98 Å². The van der Waals surface area contributed by atoms with Crippen LogP contribution in [0, 0.1) is 6.92 Å². The van der Waals surface area contributed by atoms with E-state index >= 15 is 0 Å². The van der Waals surface area contributed by atoms with Crippen molar-refractivity contribution in [1.82, 2.24) is 9.88 Å². The van der Waals surface area contributed by atoms with Gasteiger partial charge in [-0.1, -0.05) is 6.07 Å². The van der Waals surface area contributed by atoms with Crippen molar-refractivity contribution in [2.24, 2.45) is 0 Å². The number of aryl methyl sites for hydroxylation is 1. The minimum absolute atomic E-state index is 0.0198. The normalized spacial score (nSPS) is 19.6.